The second kappa shape index (κ2) is 6.06. The second-order valence-corrected chi connectivity index (χ2v) is 4.39. The number of nitrogens with zero attached hydrogens (tertiary/aromatic N) is 1. The van der Waals surface area contributed by atoms with Crippen LogP contribution in [0.3, 0.4) is 0 Å². The molecule has 0 bridgehead atoms. The van der Waals surface area contributed by atoms with Crippen molar-refractivity contribution in [1.82, 2.24) is 10.3 Å². The third kappa shape index (κ3) is 3.26. The fourth-order valence-corrected chi connectivity index (χ4v) is 1.67. The minimum Gasteiger partial charge on any atom is -0.508 e. The molecule has 1 heterocycles. The van der Waals surface area contributed by atoms with Crippen LogP contribution < -0.4 is 10.1 Å². The maximum Gasteiger partial charge on any atom is 0.251 e. The number of aromatic nitrogens is 1. The number of hydrogen-bond acceptors (Lipinski definition) is 4. The highest BCUT2D eigenvalue weighted by Gasteiger charge is 2.07. The Labute approximate surface area is 117 Å². The van der Waals surface area contributed by atoms with E-state index >= 15 is 0 Å². The molecule has 0 saturated heterocycles. The molecule has 0 atom stereocenters. The molecule has 1 amide bonds. The number of carbonyl (C=O) groups is 1. The first-order valence-corrected chi connectivity index (χ1v) is 6.17. The van der Waals surface area contributed by atoms with E-state index in [0.717, 1.165) is 11.1 Å². The summed E-state index contributed by atoms with van der Waals surface area (Å²) in [6, 6.07) is 8.41. The van der Waals surface area contributed by atoms with Crippen molar-refractivity contribution in [3.63, 3.8) is 0 Å². The van der Waals surface area contributed by atoms with Crippen LogP contribution in [0.4, 0.5) is 0 Å². The Bertz CT molecular complexity index is 609. The summed E-state index contributed by atoms with van der Waals surface area (Å²) in [4.78, 5) is 16.0. The number of phenols is 1. The molecule has 1 aromatic heterocycles. The summed E-state index contributed by atoms with van der Waals surface area (Å²) in [6.07, 6.45) is 1.64. The maximum atomic E-state index is 11.9. The molecule has 2 N–H and O–H groups in total. The van der Waals surface area contributed by atoms with Gasteiger partial charge in [-0.2, -0.15) is 0 Å². The Morgan fingerprint density at radius 2 is 2.15 bits per heavy atom. The molecule has 5 nitrogen and oxygen atoms in total. The molecule has 0 fully saturated rings. The number of amides is 1. The summed E-state index contributed by atoms with van der Waals surface area (Å²) < 4.78 is 4.96. The van der Waals surface area contributed by atoms with Gasteiger partial charge < -0.3 is 15.2 Å². The Morgan fingerprint density at radius 1 is 1.35 bits per heavy atom. The van der Waals surface area contributed by atoms with Crippen LogP contribution in [-0.2, 0) is 6.54 Å². The zero-order valence-corrected chi connectivity index (χ0v) is 11.4. The van der Waals surface area contributed by atoms with Crippen LogP contribution in [0.5, 0.6) is 11.6 Å². The fraction of sp³-hybridized carbons (Fsp3) is 0.200. The zero-order chi connectivity index (χ0) is 14.5. The number of aryl methyl sites for hydroxylation is 1. The number of rotatable bonds is 4. The van der Waals surface area contributed by atoms with E-state index in [9.17, 15) is 9.90 Å². The lowest BCUT2D eigenvalue weighted by molar-refractivity contribution is 0.0950. The average Bonchev–Trinajstić information content (AvgIpc) is 2.48. The molecule has 0 aliphatic rings. The largest absolute Gasteiger partial charge is 0.508 e. The van der Waals surface area contributed by atoms with Crippen LogP contribution in [-0.4, -0.2) is 23.1 Å². The SMILES string of the molecule is COc1ccc(CNC(=O)c2ccc(C)c(O)c2)cn1. The van der Waals surface area contributed by atoms with Gasteiger partial charge in [0.25, 0.3) is 5.91 Å². The van der Waals surface area contributed by atoms with Crippen LogP contribution in [0.2, 0.25) is 0 Å². The predicted octanol–water partition coefficient (Wildman–Crippen LogP) is 2.03. The van der Waals surface area contributed by atoms with E-state index < -0.39 is 0 Å². The van der Waals surface area contributed by atoms with Gasteiger partial charge in [-0.1, -0.05) is 12.1 Å². The van der Waals surface area contributed by atoms with Crippen LogP contribution in [0.15, 0.2) is 36.5 Å². The summed E-state index contributed by atoms with van der Waals surface area (Å²) >= 11 is 0. The van der Waals surface area contributed by atoms with Crippen molar-refractivity contribution in [2.75, 3.05) is 7.11 Å². The van der Waals surface area contributed by atoms with Crippen LogP contribution in [0, 0.1) is 6.92 Å². The topological polar surface area (TPSA) is 71.5 Å². The molecule has 0 saturated carbocycles. The van der Waals surface area contributed by atoms with E-state index in [-0.39, 0.29) is 11.7 Å². The van der Waals surface area contributed by atoms with Gasteiger partial charge in [-0.05, 0) is 30.2 Å². The number of aromatic hydroxyl groups is 1. The first-order valence-electron chi connectivity index (χ1n) is 6.17. The van der Waals surface area contributed by atoms with Crippen molar-refractivity contribution in [2.45, 2.75) is 13.5 Å². The van der Waals surface area contributed by atoms with Crippen molar-refractivity contribution in [1.29, 1.82) is 0 Å². The molecular formula is C15H16N2O3. The van der Waals surface area contributed by atoms with E-state index in [1.54, 1.807) is 38.4 Å². The molecule has 2 rings (SSSR count). The van der Waals surface area contributed by atoms with Gasteiger partial charge in [0.1, 0.15) is 5.75 Å². The Kier molecular flexibility index (Phi) is 4.20. The summed E-state index contributed by atoms with van der Waals surface area (Å²) in [5.41, 5.74) is 2.03. The Balaban J connectivity index is 1.98. The van der Waals surface area contributed by atoms with Crippen molar-refractivity contribution >= 4 is 5.91 Å². The number of phenolic OH excluding ortho intramolecular Hbond substituents is 1. The molecule has 0 radical (unpaired) electrons. The number of methoxy groups -OCH3 is 1. The highest BCUT2D eigenvalue weighted by molar-refractivity contribution is 5.94. The minimum absolute atomic E-state index is 0.115. The third-order valence-electron chi connectivity index (χ3n) is 2.93. The van der Waals surface area contributed by atoms with Crippen molar-refractivity contribution in [3.05, 3.63) is 53.2 Å². The monoisotopic (exact) mass is 272 g/mol. The number of pyridine rings is 1. The van der Waals surface area contributed by atoms with E-state index in [4.69, 9.17) is 4.74 Å². The van der Waals surface area contributed by atoms with Crippen molar-refractivity contribution < 1.29 is 14.6 Å². The number of hydrogen-bond donors (Lipinski definition) is 2. The number of nitrogens with one attached hydrogen (secondary N) is 1. The number of benzene rings is 1. The lowest BCUT2D eigenvalue weighted by Gasteiger charge is -2.07. The van der Waals surface area contributed by atoms with Crippen LogP contribution >= 0.6 is 0 Å². The van der Waals surface area contributed by atoms with E-state index in [2.05, 4.69) is 10.3 Å². The molecular weight excluding hydrogens is 256 g/mol. The number of ether oxygens (including phenoxy) is 1. The van der Waals surface area contributed by atoms with Gasteiger partial charge >= 0.3 is 0 Å². The quantitative estimate of drug-likeness (QED) is 0.893. The summed E-state index contributed by atoms with van der Waals surface area (Å²) in [5, 5.41) is 12.4. The van der Waals surface area contributed by atoms with Crippen molar-refractivity contribution in [2.24, 2.45) is 0 Å². The molecule has 20 heavy (non-hydrogen) atoms. The number of carbonyl (C=O) groups excluding carboxylic acids is 1. The first kappa shape index (κ1) is 13.9. The molecule has 0 aliphatic carbocycles. The van der Waals surface area contributed by atoms with E-state index in [0.29, 0.717) is 18.0 Å². The standard InChI is InChI=1S/C15H16N2O3/c1-10-3-5-12(7-13(10)18)15(19)17-9-11-4-6-14(20-2)16-8-11/h3-8,18H,9H2,1-2H3,(H,17,19). The summed E-state index contributed by atoms with van der Waals surface area (Å²) in [5.74, 6) is 0.406. The molecule has 0 spiro atoms. The maximum absolute atomic E-state index is 11.9. The Morgan fingerprint density at radius 3 is 2.75 bits per heavy atom. The van der Waals surface area contributed by atoms with Gasteiger partial charge in [-0.3, -0.25) is 4.79 Å². The van der Waals surface area contributed by atoms with Gasteiger partial charge in [-0.25, -0.2) is 4.98 Å². The van der Waals surface area contributed by atoms with Crippen LogP contribution in [0.25, 0.3) is 0 Å². The average molecular weight is 272 g/mol. The van der Waals surface area contributed by atoms with Gasteiger partial charge in [-0.15, -0.1) is 0 Å². The molecule has 0 aliphatic heterocycles. The third-order valence-corrected chi connectivity index (χ3v) is 2.93. The van der Waals surface area contributed by atoms with Crippen LogP contribution in [0.1, 0.15) is 21.5 Å². The van der Waals surface area contributed by atoms with Crippen molar-refractivity contribution in [3.8, 4) is 11.6 Å². The molecule has 5 heteroatoms. The Hall–Kier alpha value is -2.56. The van der Waals surface area contributed by atoms with Gasteiger partial charge in [0.15, 0.2) is 0 Å². The molecule has 1 aromatic carbocycles. The summed E-state index contributed by atoms with van der Waals surface area (Å²) in [7, 11) is 1.55. The van der Waals surface area contributed by atoms with E-state index in [1.165, 1.54) is 6.07 Å². The van der Waals surface area contributed by atoms with Gasteiger partial charge in [0.2, 0.25) is 5.88 Å². The molecule has 0 unspecified atom stereocenters. The predicted molar refractivity (Wildman–Crippen MR) is 74.8 cm³/mol. The van der Waals surface area contributed by atoms with E-state index in [1.807, 2.05) is 6.07 Å². The fourth-order valence-electron chi connectivity index (χ4n) is 1.67. The minimum atomic E-state index is -0.240. The summed E-state index contributed by atoms with van der Waals surface area (Å²) in [6.45, 7) is 2.14. The first-order chi connectivity index (χ1) is 9.60. The molecule has 2 aromatic rings. The van der Waals surface area contributed by atoms with Gasteiger partial charge in [0.05, 0.1) is 7.11 Å². The molecule has 104 valence electrons. The lowest BCUT2D eigenvalue weighted by Crippen LogP contribution is -2.22. The smallest absolute Gasteiger partial charge is 0.251 e. The highest BCUT2D eigenvalue weighted by atomic mass is 16.5. The normalized spacial score (nSPS) is 10.1. The highest BCUT2D eigenvalue weighted by Crippen LogP contribution is 2.17. The van der Waals surface area contributed by atoms with Gasteiger partial charge in [0, 0.05) is 24.4 Å². The second-order valence-electron chi connectivity index (χ2n) is 4.39. The lowest BCUT2D eigenvalue weighted by atomic mass is 10.1. The zero-order valence-electron chi connectivity index (χ0n) is 11.4.